The summed E-state index contributed by atoms with van der Waals surface area (Å²) in [6.45, 7) is 0.470. The Morgan fingerprint density at radius 3 is 2.45 bits per heavy atom. The van der Waals surface area contributed by atoms with Gasteiger partial charge in [-0.2, -0.15) is 13.2 Å². The van der Waals surface area contributed by atoms with Crippen molar-refractivity contribution >= 4 is 11.3 Å². The quantitative estimate of drug-likeness (QED) is 0.882. The molecule has 1 saturated carbocycles. The molecule has 3 rings (SSSR count). The van der Waals surface area contributed by atoms with Gasteiger partial charge in [0.15, 0.2) is 0 Å². The zero-order chi connectivity index (χ0) is 15.7. The molecule has 0 spiro atoms. The van der Waals surface area contributed by atoms with Crippen molar-refractivity contribution in [2.24, 2.45) is 0 Å². The minimum absolute atomic E-state index is 0.111. The summed E-state index contributed by atoms with van der Waals surface area (Å²) in [6.07, 6.45) is -2.02. The molecule has 3 nitrogen and oxygen atoms in total. The normalized spacial score (nSPS) is 15.3. The minimum atomic E-state index is -4.34. The van der Waals surface area contributed by atoms with Crippen molar-refractivity contribution in [3.63, 3.8) is 0 Å². The molecule has 0 bridgehead atoms. The highest BCUT2D eigenvalue weighted by molar-refractivity contribution is 7.15. The second kappa shape index (κ2) is 5.98. The standard InChI is InChI=1S/C15H15F3N2OS/c16-15(17,18)10-3-1-9(2-4-10)14-20-12(13(8-21)22-14)7-19-11-5-6-11/h1-4,11,19,21H,5-8H2. The van der Waals surface area contributed by atoms with Crippen LogP contribution in [0.4, 0.5) is 13.2 Å². The highest BCUT2D eigenvalue weighted by Crippen LogP contribution is 2.33. The fraction of sp³-hybridized carbons (Fsp3) is 0.400. The van der Waals surface area contributed by atoms with Crippen LogP contribution >= 0.6 is 11.3 Å². The first-order chi connectivity index (χ1) is 10.5. The van der Waals surface area contributed by atoms with Gasteiger partial charge in [0, 0.05) is 18.2 Å². The Morgan fingerprint density at radius 2 is 1.91 bits per heavy atom. The van der Waals surface area contributed by atoms with Gasteiger partial charge in [-0.1, -0.05) is 12.1 Å². The van der Waals surface area contributed by atoms with Crippen molar-refractivity contribution in [3.8, 4) is 10.6 Å². The van der Waals surface area contributed by atoms with E-state index < -0.39 is 11.7 Å². The number of hydrogen-bond donors (Lipinski definition) is 2. The molecular weight excluding hydrogens is 313 g/mol. The van der Waals surface area contributed by atoms with Crippen LogP contribution < -0.4 is 5.32 Å². The Hall–Kier alpha value is -1.44. The SMILES string of the molecule is OCc1sc(-c2ccc(C(F)(F)F)cc2)nc1CNC1CC1. The van der Waals surface area contributed by atoms with Crippen molar-refractivity contribution in [2.45, 2.75) is 38.2 Å². The molecule has 0 saturated heterocycles. The molecule has 1 aliphatic rings. The lowest BCUT2D eigenvalue weighted by atomic mass is 10.1. The van der Waals surface area contributed by atoms with Crippen LogP contribution in [-0.2, 0) is 19.3 Å². The summed E-state index contributed by atoms with van der Waals surface area (Å²) in [5.74, 6) is 0. The highest BCUT2D eigenvalue weighted by atomic mass is 32.1. The van der Waals surface area contributed by atoms with Crippen LogP contribution in [0.1, 0.15) is 29.0 Å². The fourth-order valence-electron chi connectivity index (χ4n) is 2.10. The van der Waals surface area contributed by atoms with Gasteiger partial charge < -0.3 is 10.4 Å². The molecule has 1 aromatic carbocycles. The Bertz CT molecular complexity index is 648. The molecule has 1 heterocycles. The van der Waals surface area contributed by atoms with E-state index in [0.29, 0.717) is 23.2 Å². The molecule has 0 amide bonds. The Balaban J connectivity index is 1.81. The smallest absolute Gasteiger partial charge is 0.391 e. The molecule has 0 radical (unpaired) electrons. The van der Waals surface area contributed by atoms with Crippen molar-refractivity contribution in [1.82, 2.24) is 10.3 Å². The molecule has 22 heavy (non-hydrogen) atoms. The second-order valence-electron chi connectivity index (χ2n) is 5.28. The number of aromatic nitrogens is 1. The predicted octanol–water partition coefficient (Wildman–Crippen LogP) is 3.57. The molecule has 1 fully saturated rings. The molecule has 118 valence electrons. The fourth-order valence-corrected chi connectivity index (χ4v) is 3.04. The molecule has 2 N–H and O–H groups in total. The van der Waals surface area contributed by atoms with Crippen molar-refractivity contribution < 1.29 is 18.3 Å². The van der Waals surface area contributed by atoms with E-state index in [1.165, 1.54) is 23.5 Å². The highest BCUT2D eigenvalue weighted by Gasteiger charge is 2.30. The van der Waals surface area contributed by atoms with E-state index in [9.17, 15) is 18.3 Å². The molecule has 0 unspecified atom stereocenters. The maximum absolute atomic E-state index is 12.6. The van der Waals surface area contributed by atoms with Crippen LogP contribution in [0.25, 0.3) is 10.6 Å². The third-order valence-electron chi connectivity index (χ3n) is 3.52. The number of hydrogen-bond acceptors (Lipinski definition) is 4. The lowest BCUT2D eigenvalue weighted by molar-refractivity contribution is -0.137. The summed E-state index contributed by atoms with van der Waals surface area (Å²) in [5, 5.41) is 13.4. The summed E-state index contributed by atoms with van der Waals surface area (Å²) in [4.78, 5) is 5.21. The Labute approximate surface area is 129 Å². The third-order valence-corrected chi connectivity index (χ3v) is 4.65. The van der Waals surface area contributed by atoms with Gasteiger partial charge in [-0.25, -0.2) is 4.98 Å². The maximum atomic E-state index is 12.6. The topological polar surface area (TPSA) is 45.2 Å². The van der Waals surface area contributed by atoms with Crippen molar-refractivity contribution in [1.29, 1.82) is 0 Å². The van der Waals surface area contributed by atoms with Gasteiger partial charge in [0.1, 0.15) is 5.01 Å². The maximum Gasteiger partial charge on any atom is 0.416 e. The van der Waals surface area contributed by atoms with Gasteiger partial charge in [-0.3, -0.25) is 0 Å². The van der Waals surface area contributed by atoms with Crippen LogP contribution in [-0.4, -0.2) is 16.1 Å². The first-order valence-electron chi connectivity index (χ1n) is 6.98. The van der Waals surface area contributed by atoms with Gasteiger partial charge in [-0.15, -0.1) is 11.3 Å². The number of nitrogens with one attached hydrogen (secondary N) is 1. The van der Waals surface area contributed by atoms with Crippen LogP contribution in [0.5, 0.6) is 0 Å². The number of alkyl halides is 3. The monoisotopic (exact) mass is 328 g/mol. The summed E-state index contributed by atoms with van der Waals surface area (Å²) in [6, 6.07) is 5.47. The van der Waals surface area contributed by atoms with Gasteiger partial charge in [0.2, 0.25) is 0 Å². The minimum Gasteiger partial charge on any atom is -0.391 e. The van der Waals surface area contributed by atoms with Crippen LogP contribution in [0, 0.1) is 0 Å². The van der Waals surface area contributed by atoms with Gasteiger partial charge in [0.05, 0.1) is 22.7 Å². The van der Waals surface area contributed by atoms with Crippen molar-refractivity contribution in [3.05, 3.63) is 40.4 Å². The number of nitrogens with zero attached hydrogens (tertiary/aromatic N) is 1. The van der Waals surface area contributed by atoms with Crippen LogP contribution in [0.2, 0.25) is 0 Å². The van der Waals surface area contributed by atoms with E-state index in [2.05, 4.69) is 10.3 Å². The molecular formula is C15H15F3N2OS. The summed E-state index contributed by atoms with van der Waals surface area (Å²) < 4.78 is 37.7. The van der Waals surface area contributed by atoms with Gasteiger partial charge in [0.25, 0.3) is 0 Å². The number of halogens is 3. The number of rotatable bonds is 5. The average Bonchev–Trinajstić information content (AvgIpc) is 3.23. The predicted molar refractivity (Wildman–Crippen MR) is 78.3 cm³/mol. The van der Waals surface area contributed by atoms with E-state index in [4.69, 9.17) is 0 Å². The van der Waals surface area contributed by atoms with E-state index in [1.54, 1.807) is 0 Å². The number of aliphatic hydroxyl groups is 1. The van der Waals surface area contributed by atoms with E-state index in [0.717, 1.165) is 35.5 Å². The number of benzene rings is 1. The van der Waals surface area contributed by atoms with Crippen LogP contribution in [0.3, 0.4) is 0 Å². The second-order valence-corrected chi connectivity index (χ2v) is 6.36. The zero-order valence-electron chi connectivity index (χ0n) is 11.7. The lowest BCUT2D eigenvalue weighted by Gasteiger charge is -2.06. The van der Waals surface area contributed by atoms with E-state index >= 15 is 0 Å². The van der Waals surface area contributed by atoms with Crippen molar-refractivity contribution in [2.75, 3.05) is 0 Å². The largest absolute Gasteiger partial charge is 0.416 e. The molecule has 1 aliphatic carbocycles. The Morgan fingerprint density at radius 1 is 1.23 bits per heavy atom. The van der Waals surface area contributed by atoms with E-state index in [-0.39, 0.29) is 6.61 Å². The molecule has 7 heteroatoms. The van der Waals surface area contributed by atoms with Crippen LogP contribution in [0.15, 0.2) is 24.3 Å². The lowest BCUT2D eigenvalue weighted by Crippen LogP contribution is -2.16. The first-order valence-corrected chi connectivity index (χ1v) is 7.79. The van der Waals surface area contributed by atoms with E-state index in [1.807, 2.05) is 0 Å². The molecule has 2 aromatic rings. The average molecular weight is 328 g/mol. The van der Waals surface area contributed by atoms with Gasteiger partial charge >= 0.3 is 6.18 Å². The van der Waals surface area contributed by atoms with Gasteiger partial charge in [-0.05, 0) is 25.0 Å². The first kappa shape index (κ1) is 15.5. The third kappa shape index (κ3) is 3.48. The molecule has 0 atom stereocenters. The molecule has 0 aliphatic heterocycles. The molecule has 1 aromatic heterocycles. The Kier molecular flexibility index (Phi) is 4.20. The summed E-state index contributed by atoms with van der Waals surface area (Å²) >= 11 is 1.32. The number of thiazole rings is 1. The summed E-state index contributed by atoms with van der Waals surface area (Å²) in [7, 11) is 0. The zero-order valence-corrected chi connectivity index (χ0v) is 12.5. The number of aliphatic hydroxyl groups excluding tert-OH is 1. The summed E-state index contributed by atoms with van der Waals surface area (Å²) in [5.41, 5.74) is 0.727.